The lowest BCUT2D eigenvalue weighted by Gasteiger charge is -2.50. The Morgan fingerprint density at radius 3 is 3.04 bits per heavy atom. The maximum atomic E-state index is 12.3. The number of carbonyl (C=O) groups excluding carboxylic acids is 1. The molecule has 23 heavy (non-hydrogen) atoms. The molecule has 3 aliphatic rings. The maximum Gasteiger partial charge on any atom is 0.226 e. The lowest BCUT2D eigenvalue weighted by atomic mass is 9.79. The molecule has 5 heteroatoms. The Morgan fingerprint density at radius 1 is 1.52 bits per heavy atom. The van der Waals surface area contributed by atoms with Crippen LogP contribution >= 0.6 is 0 Å². The van der Waals surface area contributed by atoms with Crippen molar-refractivity contribution in [2.75, 3.05) is 26.3 Å². The van der Waals surface area contributed by atoms with E-state index in [4.69, 9.17) is 9.47 Å². The van der Waals surface area contributed by atoms with Crippen LogP contribution in [0.15, 0.2) is 24.5 Å². The Morgan fingerprint density at radius 2 is 2.35 bits per heavy atom. The minimum atomic E-state index is -0.105. The normalized spacial score (nSPS) is 31.0. The predicted octanol–water partition coefficient (Wildman–Crippen LogP) is 2.12. The average Bonchev–Trinajstić information content (AvgIpc) is 3.10. The Kier molecular flexibility index (Phi) is 3.76. The highest BCUT2D eigenvalue weighted by atomic mass is 16.5. The molecule has 4 rings (SSSR count). The van der Waals surface area contributed by atoms with E-state index in [9.17, 15) is 4.79 Å². The molecule has 1 amide bonds. The Balaban J connectivity index is 1.27. The fourth-order valence-electron chi connectivity index (χ4n) is 3.95. The first kappa shape index (κ1) is 14.9. The molecule has 2 saturated heterocycles. The molecule has 0 N–H and O–H groups in total. The largest absolute Gasteiger partial charge is 0.492 e. The Hall–Kier alpha value is -1.62. The summed E-state index contributed by atoms with van der Waals surface area (Å²) in [7, 11) is 0. The summed E-state index contributed by atoms with van der Waals surface area (Å²) in [6.07, 6.45) is 6.58. The van der Waals surface area contributed by atoms with Crippen LogP contribution in [0.3, 0.4) is 0 Å². The van der Waals surface area contributed by atoms with E-state index in [1.54, 1.807) is 12.4 Å². The van der Waals surface area contributed by atoms with Crippen LogP contribution in [0.1, 0.15) is 26.2 Å². The number of aromatic nitrogens is 1. The number of pyridine rings is 1. The third-order valence-corrected chi connectivity index (χ3v) is 5.62. The molecule has 3 unspecified atom stereocenters. The molecule has 1 aromatic heterocycles. The van der Waals surface area contributed by atoms with Crippen LogP contribution in [0.4, 0.5) is 0 Å². The van der Waals surface area contributed by atoms with Gasteiger partial charge in [-0.05, 0) is 43.2 Å². The van der Waals surface area contributed by atoms with E-state index in [2.05, 4.69) is 11.9 Å². The summed E-state index contributed by atoms with van der Waals surface area (Å²) >= 11 is 0. The molecule has 0 aromatic carbocycles. The fraction of sp³-hybridized carbons (Fsp3) is 0.667. The van der Waals surface area contributed by atoms with E-state index < -0.39 is 0 Å². The molecule has 3 heterocycles. The molecule has 0 bridgehead atoms. The van der Waals surface area contributed by atoms with Crippen molar-refractivity contribution in [1.29, 1.82) is 0 Å². The maximum absolute atomic E-state index is 12.3. The summed E-state index contributed by atoms with van der Waals surface area (Å²) in [6, 6.07) is 3.80. The van der Waals surface area contributed by atoms with Gasteiger partial charge in [-0.15, -0.1) is 0 Å². The number of hydrogen-bond donors (Lipinski definition) is 0. The van der Waals surface area contributed by atoms with Gasteiger partial charge in [-0.3, -0.25) is 9.78 Å². The number of carbonyl (C=O) groups is 1. The molecule has 3 fully saturated rings. The predicted molar refractivity (Wildman–Crippen MR) is 85.0 cm³/mol. The second-order valence-electron chi connectivity index (χ2n) is 7.24. The van der Waals surface area contributed by atoms with Crippen molar-refractivity contribution in [1.82, 2.24) is 9.88 Å². The highest BCUT2D eigenvalue weighted by molar-refractivity contribution is 5.82. The average molecular weight is 316 g/mol. The molecule has 2 aliphatic heterocycles. The topological polar surface area (TPSA) is 51.7 Å². The summed E-state index contributed by atoms with van der Waals surface area (Å²) in [6.45, 7) is 5.18. The van der Waals surface area contributed by atoms with Crippen molar-refractivity contribution in [2.45, 2.75) is 31.8 Å². The SMILES string of the molecule is CC1CC1C(=O)N1CC2(C1)OCCC2CCOc1cccnc1. The molecular weight excluding hydrogens is 292 g/mol. The zero-order valence-corrected chi connectivity index (χ0v) is 13.6. The van der Waals surface area contributed by atoms with Crippen molar-refractivity contribution < 1.29 is 14.3 Å². The summed E-state index contributed by atoms with van der Waals surface area (Å²) in [5, 5.41) is 0. The van der Waals surface area contributed by atoms with E-state index in [-0.39, 0.29) is 11.5 Å². The standard InChI is InChI=1S/C18H24N2O3/c1-13-9-16(13)17(21)20-11-18(12-20)14(5-8-23-18)4-7-22-15-3-2-6-19-10-15/h2-3,6,10,13-14,16H,4-5,7-9,11-12H2,1H3. The van der Waals surface area contributed by atoms with Crippen LogP contribution in [0, 0.1) is 17.8 Å². The smallest absolute Gasteiger partial charge is 0.226 e. The molecule has 3 atom stereocenters. The second-order valence-corrected chi connectivity index (χ2v) is 7.24. The summed E-state index contributed by atoms with van der Waals surface area (Å²) in [4.78, 5) is 18.3. The molecule has 1 saturated carbocycles. The van der Waals surface area contributed by atoms with Crippen LogP contribution in [0.2, 0.25) is 0 Å². The van der Waals surface area contributed by atoms with Crippen LogP contribution in [0.5, 0.6) is 5.75 Å². The Bertz CT molecular complexity index is 571. The number of nitrogens with zero attached hydrogens (tertiary/aromatic N) is 2. The first-order chi connectivity index (χ1) is 11.2. The van der Waals surface area contributed by atoms with Crippen molar-refractivity contribution in [3.8, 4) is 5.75 Å². The molecule has 1 aliphatic carbocycles. The first-order valence-electron chi connectivity index (χ1n) is 8.63. The van der Waals surface area contributed by atoms with Gasteiger partial charge in [0.05, 0.1) is 25.9 Å². The van der Waals surface area contributed by atoms with Gasteiger partial charge in [-0.25, -0.2) is 0 Å². The number of likely N-dealkylation sites (tertiary alicyclic amines) is 1. The Labute approximate surface area is 137 Å². The summed E-state index contributed by atoms with van der Waals surface area (Å²) < 4.78 is 11.8. The lowest BCUT2D eigenvalue weighted by molar-refractivity contribution is -0.167. The van der Waals surface area contributed by atoms with Gasteiger partial charge in [0, 0.05) is 18.7 Å². The zero-order valence-electron chi connectivity index (χ0n) is 13.6. The van der Waals surface area contributed by atoms with Crippen molar-refractivity contribution in [3.05, 3.63) is 24.5 Å². The number of ether oxygens (including phenoxy) is 2. The summed E-state index contributed by atoms with van der Waals surface area (Å²) in [5.41, 5.74) is -0.105. The second kappa shape index (κ2) is 5.78. The molecule has 124 valence electrons. The lowest BCUT2D eigenvalue weighted by Crippen LogP contribution is -2.66. The van der Waals surface area contributed by atoms with Crippen LogP contribution in [-0.2, 0) is 9.53 Å². The van der Waals surface area contributed by atoms with Gasteiger partial charge in [0.1, 0.15) is 11.4 Å². The van der Waals surface area contributed by atoms with Crippen molar-refractivity contribution in [3.63, 3.8) is 0 Å². The van der Waals surface area contributed by atoms with Gasteiger partial charge in [0.25, 0.3) is 0 Å². The van der Waals surface area contributed by atoms with Crippen LogP contribution in [0.25, 0.3) is 0 Å². The number of rotatable bonds is 5. The monoisotopic (exact) mass is 316 g/mol. The molecule has 5 nitrogen and oxygen atoms in total. The molecule has 1 spiro atoms. The zero-order chi connectivity index (χ0) is 15.9. The van der Waals surface area contributed by atoms with Crippen LogP contribution < -0.4 is 4.74 Å². The van der Waals surface area contributed by atoms with E-state index >= 15 is 0 Å². The number of hydrogen-bond acceptors (Lipinski definition) is 4. The van der Waals surface area contributed by atoms with E-state index in [0.29, 0.717) is 24.3 Å². The third kappa shape index (κ3) is 2.82. The van der Waals surface area contributed by atoms with Gasteiger partial charge in [-0.2, -0.15) is 0 Å². The van der Waals surface area contributed by atoms with E-state index in [0.717, 1.165) is 44.7 Å². The van der Waals surface area contributed by atoms with Gasteiger partial charge >= 0.3 is 0 Å². The van der Waals surface area contributed by atoms with Crippen molar-refractivity contribution in [2.24, 2.45) is 17.8 Å². The van der Waals surface area contributed by atoms with Gasteiger partial charge < -0.3 is 14.4 Å². The van der Waals surface area contributed by atoms with Gasteiger partial charge in [-0.1, -0.05) is 6.92 Å². The van der Waals surface area contributed by atoms with Crippen LogP contribution in [-0.4, -0.2) is 47.7 Å². The third-order valence-electron chi connectivity index (χ3n) is 5.62. The summed E-state index contributed by atoms with van der Waals surface area (Å²) in [5.74, 6) is 2.49. The van der Waals surface area contributed by atoms with Gasteiger partial charge in [0.2, 0.25) is 5.91 Å². The highest BCUT2D eigenvalue weighted by Crippen LogP contribution is 2.45. The molecule has 1 aromatic rings. The van der Waals surface area contributed by atoms with E-state index in [1.165, 1.54) is 0 Å². The quantitative estimate of drug-likeness (QED) is 0.835. The van der Waals surface area contributed by atoms with E-state index in [1.807, 2.05) is 17.0 Å². The minimum Gasteiger partial charge on any atom is -0.492 e. The number of amides is 1. The molecule has 0 radical (unpaired) electrons. The highest BCUT2D eigenvalue weighted by Gasteiger charge is 2.56. The van der Waals surface area contributed by atoms with Crippen molar-refractivity contribution >= 4 is 5.91 Å². The molecular formula is C18H24N2O3. The first-order valence-corrected chi connectivity index (χ1v) is 8.63. The van der Waals surface area contributed by atoms with Gasteiger partial charge in [0.15, 0.2) is 0 Å². The fourth-order valence-corrected chi connectivity index (χ4v) is 3.95. The minimum absolute atomic E-state index is 0.105.